The Morgan fingerprint density at radius 2 is 1.43 bits per heavy atom. The number of esters is 1. The van der Waals surface area contributed by atoms with E-state index in [0.29, 0.717) is 47.7 Å². The summed E-state index contributed by atoms with van der Waals surface area (Å²) in [5.41, 5.74) is 10.0. The summed E-state index contributed by atoms with van der Waals surface area (Å²) < 4.78 is 11.6. The first kappa shape index (κ1) is 32.8. The average molecular weight is 590 g/mol. The first-order valence-corrected chi connectivity index (χ1v) is 14.6. The maximum Gasteiger partial charge on any atom is 0.335 e. The van der Waals surface area contributed by atoms with Crippen LogP contribution < -0.4 is 5.73 Å². The van der Waals surface area contributed by atoms with E-state index in [-0.39, 0.29) is 30.3 Å². The van der Waals surface area contributed by atoms with Gasteiger partial charge in [0.05, 0.1) is 25.4 Å². The summed E-state index contributed by atoms with van der Waals surface area (Å²) in [6.07, 6.45) is 1.05. The van der Waals surface area contributed by atoms with Crippen molar-refractivity contribution in [3.63, 3.8) is 0 Å². The molecular weight excluding hydrogens is 550 g/mol. The van der Waals surface area contributed by atoms with Gasteiger partial charge in [-0.15, -0.1) is 0 Å². The van der Waals surface area contributed by atoms with Crippen molar-refractivity contribution in [2.45, 2.75) is 45.4 Å². The molecule has 7 heteroatoms. The number of ether oxygens (including phenoxy) is 2. The fraction of sp³-hybridized carbons (Fsp3) is 0.314. The Balaban J connectivity index is 2.02. The summed E-state index contributed by atoms with van der Waals surface area (Å²) in [7, 11) is 0. The standard InChI is InChI=1S/C35H40ClNO5/c1-4-24(2)31(34(38)39)33(28-16-11-17-29(36)22-28)32(25(3)23-41-21-19-37)35(40)42-20-18-30(26-12-7-5-8-13-26)27-14-9-6-10-15-27/h5-17,22,30,33H,4,18-21,23,37H2,1-3H3,(H,38,39)/b31-24-,32-25-. The van der Waals surface area contributed by atoms with Crippen LogP contribution in [0.5, 0.6) is 0 Å². The molecule has 1 unspecified atom stereocenters. The van der Waals surface area contributed by atoms with Crippen molar-refractivity contribution in [2.75, 3.05) is 26.4 Å². The number of rotatable bonds is 15. The Labute approximate surface area is 253 Å². The quantitative estimate of drug-likeness (QED) is 0.110. The van der Waals surface area contributed by atoms with E-state index in [1.165, 1.54) is 0 Å². The van der Waals surface area contributed by atoms with Crippen LogP contribution in [0.2, 0.25) is 5.02 Å². The topological polar surface area (TPSA) is 98.8 Å². The van der Waals surface area contributed by atoms with Crippen molar-refractivity contribution in [2.24, 2.45) is 5.73 Å². The van der Waals surface area contributed by atoms with Crippen LogP contribution in [0.4, 0.5) is 0 Å². The second-order valence-corrected chi connectivity index (χ2v) is 10.6. The highest BCUT2D eigenvalue weighted by Crippen LogP contribution is 2.38. The van der Waals surface area contributed by atoms with E-state index in [4.69, 9.17) is 26.8 Å². The summed E-state index contributed by atoms with van der Waals surface area (Å²) in [6.45, 7) is 6.28. The molecule has 0 radical (unpaired) electrons. The van der Waals surface area contributed by atoms with E-state index in [1.54, 1.807) is 38.1 Å². The third kappa shape index (κ3) is 8.89. The lowest BCUT2D eigenvalue weighted by molar-refractivity contribution is -0.139. The maximum atomic E-state index is 14.0. The van der Waals surface area contributed by atoms with Crippen LogP contribution in [0.15, 0.2) is 107 Å². The number of hydrogen-bond donors (Lipinski definition) is 2. The fourth-order valence-corrected chi connectivity index (χ4v) is 5.27. The predicted octanol–water partition coefficient (Wildman–Crippen LogP) is 7.29. The first-order valence-electron chi connectivity index (χ1n) is 14.2. The van der Waals surface area contributed by atoms with Gasteiger partial charge < -0.3 is 20.3 Å². The Hall–Kier alpha value is -3.71. The molecule has 0 aliphatic rings. The zero-order valence-electron chi connectivity index (χ0n) is 24.5. The van der Waals surface area contributed by atoms with Crippen molar-refractivity contribution >= 4 is 23.5 Å². The van der Waals surface area contributed by atoms with Crippen LogP contribution in [0.25, 0.3) is 0 Å². The third-order valence-electron chi connectivity index (χ3n) is 7.28. The molecule has 0 aliphatic heterocycles. The Kier molecular flexibility index (Phi) is 13.0. The Bertz CT molecular complexity index is 1350. The lowest BCUT2D eigenvalue weighted by Gasteiger charge is -2.25. The second-order valence-electron chi connectivity index (χ2n) is 10.2. The fourth-order valence-electron chi connectivity index (χ4n) is 5.08. The molecule has 0 bridgehead atoms. The molecule has 42 heavy (non-hydrogen) atoms. The van der Waals surface area contributed by atoms with Gasteiger partial charge in [0.1, 0.15) is 0 Å². The van der Waals surface area contributed by atoms with Crippen LogP contribution in [0, 0.1) is 0 Å². The minimum Gasteiger partial charge on any atom is -0.478 e. The van der Waals surface area contributed by atoms with Gasteiger partial charge in [0.15, 0.2) is 0 Å². The van der Waals surface area contributed by atoms with Gasteiger partial charge in [-0.05, 0) is 61.1 Å². The van der Waals surface area contributed by atoms with E-state index >= 15 is 0 Å². The summed E-state index contributed by atoms with van der Waals surface area (Å²) in [5, 5.41) is 10.8. The molecular formula is C35H40ClNO5. The van der Waals surface area contributed by atoms with Gasteiger partial charge in [-0.2, -0.15) is 0 Å². The molecule has 0 amide bonds. The number of carbonyl (C=O) groups is 2. The van der Waals surface area contributed by atoms with Crippen molar-refractivity contribution < 1.29 is 24.2 Å². The molecule has 6 nitrogen and oxygen atoms in total. The largest absolute Gasteiger partial charge is 0.478 e. The van der Waals surface area contributed by atoms with Crippen molar-refractivity contribution in [3.8, 4) is 0 Å². The highest BCUT2D eigenvalue weighted by atomic mass is 35.5. The molecule has 3 aromatic carbocycles. The van der Waals surface area contributed by atoms with Gasteiger partial charge in [0, 0.05) is 29.0 Å². The Morgan fingerprint density at radius 3 is 1.95 bits per heavy atom. The van der Waals surface area contributed by atoms with E-state index in [9.17, 15) is 14.7 Å². The van der Waals surface area contributed by atoms with Crippen molar-refractivity contribution in [1.29, 1.82) is 0 Å². The smallest absolute Gasteiger partial charge is 0.335 e. The summed E-state index contributed by atoms with van der Waals surface area (Å²) in [6, 6.07) is 27.1. The van der Waals surface area contributed by atoms with Crippen LogP contribution in [-0.4, -0.2) is 43.4 Å². The van der Waals surface area contributed by atoms with Crippen LogP contribution in [0.3, 0.4) is 0 Å². The second kappa shape index (κ2) is 16.7. The number of nitrogens with two attached hydrogens (primary N) is 1. The van der Waals surface area contributed by atoms with Crippen molar-refractivity contribution in [3.05, 3.63) is 129 Å². The molecule has 3 aromatic rings. The molecule has 0 spiro atoms. The molecule has 3 N–H and O–H groups in total. The molecule has 0 aromatic heterocycles. The Morgan fingerprint density at radius 1 is 0.833 bits per heavy atom. The zero-order valence-corrected chi connectivity index (χ0v) is 25.3. The number of halogens is 1. The van der Waals surface area contributed by atoms with Crippen molar-refractivity contribution in [1.82, 2.24) is 0 Å². The number of hydrogen-bond acceptors (Lipinski definition) is 5. The summed E-state index contributed by atoms with van der Waals surface area (Å²) in [5.74, 6) is -2.58. The average Bonchev–Trinajstić information content (AvgIpc) is 2.99. The molecule has 0 saturated heterocycles. The lowest BCUT2D eigenvalue weighted by Crippen LogP contribution is -2.24. The van der Waals surface area contributed by atoms with Crippen LogP contribution >= 0.6 is 11.6 Å². The molecule has 222 valence electrons. The van der Waals surface area contributed by atoms with Gasteiger partial charge in [0.2, 0.25) is 0 Å². The van der Waals surface area contributed by atoms with E-state index in [2.05, 4.69) is 24.3 Å². The maximum absolute atomic E-state index is 14.0. The van der Waals surface area contributed by atoms with Crippen LogP contribution in [-0.2, 0) is 19.1 Å². The molecule has 0 saturated carbocycles. The number of carbonyl (C=O) groups excluding carboxylic acids is 1. The van der Waals surface area contributed by atoms with E-state index in [0.717, 1.165) is 11.1 Å². The van der Waals surface area contributed by atoms with Gasteiger partial charge in [-0.3, -0.25) is 0 Å². The number of benzene rings is 3. The molecule has 0 aliphatic carbocycles. The van der Waals surface area contributed by atoms with E-state index < -0.39 is 17.9 Å². The first-order chi connectivity index (χ1) is 20.3. The lowest BCUT2D eigenvalue weighted by atomic mass is 9.80. The minimum atomic E-state index is -1.10. The SMILES string of the molecule is CC/C(C)=C(\C(=O)O)C(/C(C(=O)OCCC(c1ccccc1)c1ccccc1)=C(\C)COCCN)c1cccc(Cl)c1. The van der Waals surface area contributed by atoms with Gasteiger partial charge in [-0.25, -0.2) is 9.59 Å². The summed E-state index contributed by atoms with van der Waals surface area (Å²) in [4.78, 5) is 26.7. The predicted molar refractivity (Wildman–Crippen MR) is 168 cm³/mol. The highest BCUT2D eigenvalue weighted by Gasteiger charge is 2.34. The van der Waals surface area contributed by atoms with Gasteiger partial charge in [-0.1, -0.05) is 96.9 Å². The molecule has 0 fully saturated rings. The van der Waals surface area contributed by atoms with E-state index in [1.807, 2.05) is 43.3 Å². The van der Waals surface area contributed by atoms with Gasteiger partial charge >= 0.3 is 11.9 Å². The number of aliphatic carboxylic acids is 1. The summed E-state index contributed by atoms with van der Waals surface area (Å²) >= 11 is 6.35. The zero-order chi connectivity index (χ0) is 30.5. The molecule has 1 atom stereocenters. The highest BCUT2D eigenvalue weighted by molar-refractivity contribution is 6.30. The number of carboxylic acid groups (broad SMARTS) is 1. The third-order valence-corrected chi connectivity index (χ3v) is 7.52. The normalized spacial score (nSPS) is 13.3. The van der Waals surface area contributed by atoms with Gasteiger partial charge in [0.25, 0.3) is 0 Å². The molecule has 3 rings (SSSR count). The van der Waals surface area contributed by atoms with Crippen LogP contribution in [0.1, 0.15) is 62.1 Å². The molecule has 0 heterocycles. The number of carboxylic acids is 1. The monoisotopic (exact) mass is 589 g/mol. The number of allylic oxidation sites excluding steroid dienone is 1. The minimum absolute atomic E-state index is 0.0159.